The minimum absolute atomic E-state index is 0.0303. The summed E-state index contributed by atoms with van der Waals surface area (Å²) in [5.74, 6) is 0.150. The number of aromatic carboxylic acids is 1. The molecule has 1 aliphatic rings. The van der Waals surface area contributed by atoms with Crippen LogP contribution in [-0.2, 0) is 12.8 Å². The molecule has 3 aromatic rings. The lowest BCUT2D eigenvalue weighted by molar-refractivity contribution is 0.0662. The summed E-state index contributed by atoms with van der Waals surface area (Å²) < 4.78 is 7.81. The molecule has 1 N–H and O–H groups in total. The molecule has 28 heavy (non-hydrogen) atoms. The Morgan fingerprint density at radius 1 is 1.21 bits per heavy atom. The molecule has 0 saturated carbocycles. The van der Waals surface area contributed by atoms with Crippen molar-refractivity contribution in [2.45, 2.75) is 46.5 Å². The Hall–Kier alpha value is -2.75. The van der Waals surface area contributed by atoms with Crippen LogP contribution in [0.25, 0.3) is 17.1 Å². The van der Waals surface area contributed by atoms with Gasteiger partial charge in [0.1, 0.15) is 0 Å². The highest BCUT2D eigenvalue weighted by Crippen LogP contribution is 2.42. The normalized spacial score (nSPS) is 16.8. The average Bonchev–Trinajstić information content (AvgIpc) is 3.32. The molecule has 1 aromatic carbocycles. The first kappa shape index (κ1) is 18.6. The minimum atomic E-state index is -1.04. The van der Waals surface area contributed by atoms with Gasteiger partial charge >= 0.3 is 5.97 Å². The van der Waals surface area contributed by atoms with E-state index in [1.165, 1.54) is 23.7 Å². The molecule has 1 aliphatic carbocycles. The summed E-state index contributed by atoms with van der Waals surface area (Å²) in [6, 6.07) is 15.8. The van der Waals surface area contributed by atoms with Crippen LogP contribution in [0.3, 0.4) is 0 Å². The molecular formula is C24H27NO3. The fourth-order valence-electron chi connectivity index (χ4n) is 4.32. The zero-order chi connectivity index (χ0) is 19.9. The summed E-state index contributed by atoms with van der Waals surface area (Å²) in [6.07, 6.45) is 4.33. The van der Waals surface area contributed by atoms with Crippen LogP contribution in [0, 0.1) is 11.3 Å². The second-order valence-corrected chi connectivity index (χ2v) is 8.43. The van der Waals surface area contributed by atoms with Gasteiger partial charge in [0.25, 0.3) is 0 Å². The fourth-order valence-corrected chi connectivity index (χ4v) is 4.32. The largest absolute Gasteiger partial charge is 0.475 e. The number of rotatable bonds is 5. The summed E-state index contributed by atoms with van der Waals surface area (Å²) in [5, 5.41) is 9.27. The zero-order valence-electron chi connectivity index (χ0n) is 16.7. The molecule has 0 aliphatic heterocycles. The lowest BCUT2D eigenvalue weighted by Gasteiger charge is -2.36. The van der Waals surface area contributed by atoms with Gasteiger partial charge in [0.15, 0.2) is 0 Å². The number of hydrogen-bond acceptors (Lipinski definition) is 2. The van der Waals surface area contributed by atoms with Crippen molar-refractivity contribution in [2.24, 2.45) is 11.3 Å². The highest BCUT2D eigenvalue weighted by molar-refractivity contribution is 5.84. The Kier molecular flexibility index (Phi) is 4.66. The molecule has 1 unspecified atom stereocenters. The second-order valence-electron chi connectivity index (χ2n) is 8.43. The summed E-state index contributed by atoms with van der Waals surface area (Å²) >= 11 is 0. The van der Waals surface area contributed by atoms with Crippen LogP contribution < -0.4 is 0 Å². The van der Waals surface area contributed by atoms with Gasteiger partial charge in [0.05, 0.1) is 5.69 Å². The van der Waals surface area contributed by atoms with E-state index >= 15 is 0 Å². The van der Waals surface area contributed by atoms with Gasteiger partial charge in [-0.15, -0.1) is 0 Å². The number of furan rings is 1. The van der Waals surface area contributed by atoms with Crippen LogP contribution in [0.15, 0.2) is 52.9 Å². The van der Waals surface area contributed by atoms with Gasteiger partial charge < -0.3 is 9.52 Å². The molecule has 2 heterocycles. The van der Waals surface area contributed by atoms with Crippen LogP contribution in [0.5, 0.6) is 0 Å². The van der Waals surface area contributed by atoms with E-state index < -0.39 is 5.97 Å². The number of carbonyl (C=O) groups is 1. The molecule has 0 bridgehead atoms. The molecule has 4 rings (SSSR count). The van der Waals surface area contributed by atoms with Crippen LogP contribution in [0.1, 0.15) is 55.4 Å². The summed E-state index contributed by atoms with van der Waals surface area (Å²) in [7, 11) is 0. The van der Waals surface area contributed by atoms with E-state index in [1.807, 2.05) is 18.2 Å². The van der Waals surface area contributed by atoms with E-state index in [4.69, 9.17) is 4.42 Å². The predicted molar refractivity (Wildman–Crippen MR) is 110 cm³/mol. The Labute approximate surface area is 165 Å². The molecule has 0 amide bonds. The standard InChI is InChI=1S/C24H27NO3/c1-4-24(2,3)18-10-11-19-17(14-18)15-20(16-8-6-5-7-9-16)25(19)22-13-12-21(28-22)23(26)27/h5-9,12-13,15,18H,4,10-11,14H2,1-3H3,(H,26,27). The smallest absolute Gasteiger partial charge is 0.371 e. The Morgan fingerprint density at radius 2 is 1.96 bits per heavy atom. The third-order valence-corrected chi connectivity index (χ3v) is 6.50. The molecule has 146 valence electrons. The third kappa shape index (κ3) is 3.17. The quantitative estimate of drug-likeness (QED) is 0.595. The summed E-state index contributed by atoms with van der Waals surface area (Å²) in [4.78, 5) is 11.3. The van der Waals surface area contributed by atoms with E-state index in [0.717, 1.165) is 30.5 Å². The SMILES string of the molecule is CCC(C)(C)C1CCc2c(cc(-c3ccccc3)n2-c2ccc(C(=O)O)o2)C1. The van der Waals surface area contributed by atoms with Crippen LogP contribution in [0.2, 0.25) is 0 Å². The topological polar surface area (TPSA) is 55.4 Å². The van der Waals surface area contributed by atoms with Gasteiger partial charge in [-0.2, -0.15) is 0 Å². The Morgan fingerprint density at radius 3 is 2.61 bits per heavy atom. The van der Waals surface area contributed by atoms with Crippen molar-refractivity contribution < 1.29 is 14.3 Å². The van der Waals surface area contributed by atoms with E-state index in [1.54, 1.807) is 6.07 Å². The Bertz CT molecular complexity index is 994. The molecule has 2 aromatic heterocycles. The molecular weight excluding hydrogens is 350 g/mol. The van der Waals surface area contributed by atoms with Crippen molar-refractivity contribution in [2.75, 3.05) is 0 Å². The number of aromatic nitrogens is 1. The number of carboxylic acids is 1. The second kappa shape index (κ2) is 7.01. The summed E-state index contributed by atoms with van der Waals surface area (Å²) in [5.41, 5.74) is 5.08. The molecule has 0 fully saturated rings. The predicted octanol–water partition coefficient (Wildman–Crippen LogP) is 5.98. The van der Waals surface area contributed by atoms with E-state index in [0.29, 0.717) is 17.2 Å². The number of fused-ring (bicyclic) bond motifs is 1. The number of carboxylic acid groups (broad SMARTS) is 1. The van der Waals surface area contributed by atoms with E-state index in [9.17, 15) is 9.90 Å². The minimum Gasteiger partial charge on any atom is -0.475 e. The van der Waals surface area contributed by atoms with E-state index in [2.05, 4.69) is 43.5 Å². The first-order chi connectivity index (χ1) is 13.4. The number of hydrogen-bond donors (Lipinski definition) is 1. The van der Waals surface area contributed by atoms with Crippen molar-refractivity contribution >= 4 is 5.97 Å². The van der Waals surface area contributed by atoms with Crippen molar-refractivity contribution in [1.82, 2.24) is 4.57 Å². The van der Waals surface area contributed by atoms with Crippen LogP contribution in [0.4, 0.5) is 0 Å². The molecule has 0 saturated heterocycles. The molecule has 0 radical (unpaired) electrons. The number of benzene rings is 1. The third-order valence-electron chi connectivity index (χ3n) is 6.50. The van der Waals surface area contributed by atoms with Gasteiger partial charge in [0.2, 0.25) is 11.6 Å². The fraction of sp³-hybridized carbons (Fsp3) is 0.375. The molecule has 4 heteroatoms. The van der Waals surface area contributed by atoms with Gasteiger partial charge in [-0.1, -0.05) is 57.5 Å². The van der Waals surface area contributed by atoms with Gasteiger partial charge in [-0.25, -0.2) is 4.79 Å². The first-order valence-electron chi connectivity index (χ1n) is 10.0. The van der Waals surface area contributed by atoms with Gasteiger partial charge in [-0.3, -0.25) is 4.57 Å². The van der Waals surface area contributed by atoms with E-state index in [-0.39, 0.29) is 5.76 Å². The van der Waals surface area contributed by atoms with Gasteiger partial charge in [-0.05, 0) is 53.9 Å². The van der Waals surface area contributed by atoms with Crippen LogP contribution >= 0.6 is 0 Å². The van der Waals surface area contributed by atoms with Crippen molar-refractivity contribution in [1.29, 1.82) is 0 Å². The maximum atomic E-state index is 11.3. The molecule has 4 nitrogen and oxygen atoms in total. The average molecular weight is 377 g/mol. The van der Waals surface area contributed by atoms with Crippen LogP contribution in [-0.4, -0.2) is 15.6 Å². The Balaban J connectivity index is 1.84. The monoisotopic (exact) mass is 377 g/mol. The maximum absolute atomic E-state index is 11.3. The number of nitrogens with zero attached hydrogens (tertiary/aromatic N) is 1. The first-order valence-corrected chi connectivity index (χ1v) is 10.0. The lowest BCUT2D eigenvalue weighted by atomic mass is 9.69. The van der Waals surface area contributed by atoms with Crippen molar-refractivity contribution in [3.05, 3.63) is 65.5 Å². The van der Waals surface area contributed by atoms with Crippen molar-refractivity contribution in [3.8, 4) is 17.1 Å². The lowest BCUT2D eigenvalue weighted by Crippen LogP contribution is -2.29. The molecule has 0 spiro atoms. The van der Waals surface area contributed by atoms with Crippen molar-refractivity contribution in [3.63, 3.8) is 0 Å². The highest BCUT2D eigenvalue weighted by atomic mass is 16.4. The highest BCUT2D eigenvalue weighted by Gasteiger charge is 2.33. The summed E-state index contributed by atoms with van der Waals surface area (Å²) in [6.45, 7) is 7.00. The maximum Gasteiger partial charge on any atom is 0.371 e. The zero-order valence-corrected chi connectivity index (χ0v) is 16.7. The molecule has 1 atom stereocenters. The van der Waals surface area contributed by atoms with Gasteiger partial charge in [0, 0.05) is 11.8 Å².